The SMILES string of the molecule is COc1ccc(OC)c(S(=O)(=O)Nc2ccc(N[C@H]3CS(=O)(=O)C[C@H]3O)cc2)c1. The van der Waals surface area contributed by atoms with Gasteiger partial charge in [0, 0.05) is 17.4 Å². The zero-order valence-corrected chi connectivity index (χ0v) is 17.5. The van der Waals surface area contributed by atoms with Gasteiger partial charge < -0.3 is 19.9 Å². The molecular formula is C18H22N2O7S2. The first kappa shape index (κ1) is 21.2. The summed E-state index contributed by atoms with van der Waals surface area (Å²) < 4.78 is 61.4. The largest absolute Gasteiger partial charge is 0.497 e. The van der Waals surface area contributed by atoms with E-state index in [0.717, 1.165) is 0 Å². The summed E-state index contributed by atoms with van der Waals surface area (Å²) in [6, 6.07) is 10.1. The van der Waals surface area contributed by atoms with Crippen LogP contribution in [0.15, 0.2) is 47.4 Å². The highest BCUT2D eigenvalue weighted by molar-refractivity contribution is 7.93. The number of methoxy groups -OCH3 is 2. The third kappa shape index (κ3) is 4.92. The van der Waals surface area contributed by atoms with Crippen LogP contribution in [0.4, 0.5) is 11.4 Å². The Morgan fingerprint density at radius 2 is 1.66 bits per heavy atom. The number of sulfone groups is 1. The Hall–Kier alpha value is -2.50. The molecule has 0 aliphatic carbocycles. The van der Waals surface area contributed by atoms with Gasteiger partial charge in [0.05, 0.1) is 37.9 Å². The molecule has 9 nitrogen and oxygen atoms in total. The Labute approximate surface area is 169 Å². The van der Waals surface area contributed by atoms with Crippen molar-refractivity contribution in [3.63, 3.8) is 0 Å². The summed E-state index contributed by atoms with van der Waals surface area (Å²) in [7, 11) is -4.40. The van der Waals surface area contributed by atoms with Gasteiger partial charge in [0.25, 0.3) is 10.0 Å². The van der Waals surface area contributed by atoms with E-state index in [9.17, 15) is 21.9 Å². The molecule has 3 N–H and O–H groups in total. The highest BCUT2D eigenvalue weighted by atomic mass is 32.2. The molecule has 1 aliphatic rings. The van der Waals surface area contributed by atoms with Gasteiger partial charge in [0.2, 0.25) is 0 Å². The third-order valence-corrected chi connectivity index (χ3v) is 7.59. The lowest BCUT2D eigenvalue weighted by Crippen LogP contribution is -2.31. The Bertz CT molecular complexity index is 1080. The van der Waals surface area contributed by atoms with Crippen molar-refractivity contribution in [3.8, 4) is 11.5 Å². The lowest BCUT2D eigenvalue weighted by Gasteiger charge is -2.17. The number of sulfonamides is 1. The van der Waals surface area contributed by atoms with E-state index >= 15 is 0 Å². The molecule has 0 aromatic heterocycles. The van der Waals surface area contributed by atoms with Crippen molar-refractivity contribution in [1.82, 2.24) is 0 Å². The average Bonchev–Trinajstić information content (AvgIpc) is 2.93. The van der Waals surface area contributed by atoms with Crippen molar-refractivity contribution >= 4 is 31.2 Å². The molecule has 2 aromatic rings. The smallest absolute Gasteiger partial charge is 0.265 e. The van der Waals surface area contributed by atoms with Gasteiger partial charge in [-0.15, -0.1) is 0 Å². The Balaban J connectivity index is 1.76. The summed E-state index contributed by atoms with van der Waals surface area (Å²) in [5, 5.41) is 12.8. The average molecular weight is 443 g/mol. The number of anilines is 2. The normalized spacial score (nSPS) is 20.8. The van der Waals surface area contributed by atoms with Crippen LogP contribution in [0.25, 0.3) is 0 Å². The van der Waals surface area contributed by atoms with Crippen molar-refractivity contribution in [1.29, 1.82) is 0 Å². The number of hydrogen-bond donors (Lipinski definition) is 3. The summed E-state index contributed by atoms with van der Waals surface area (Å²) >= 11 is 0. The fourth-order valence-corrected chi connectivity index (χ4v) is 6.00. The molecule has 2 atom stereocenters. The monoisotopic (exact) mass is 442 g/mol. The minimum atomic E-state index is -3.94. The zero-order valence-electron chi connectivity index (χ0n) is 15.8. The van der Waals surface area contributed by atoms with Gasteiger partial charge in [0.1, 0.15) is 16.4 Å². The fraction of sp³-hybridized carbons (Fsp3) is 0.333. The molecule has 29 heavy (non-hydrogen) atoms. The van der Waals surface area contributed by atoms with Crippen LogP contribution in [0.1, 0.15) is 0 Å². The summed E-state index contributed by atoms with van der Waals surface area (Å²) in [5.74, 6) is 0.118. The lowest BCUT2D eigenvalue weighted by atomic mass is 10.2. The number of nitrogens with one attached hydrogen (secondary N) is 2. The first-order valence-electron chi connectivity index (χ1n) is 8.63. The second-order valence-electron chi connectivity index (χ2n) is 6.59. The summed E-state index contributed by atoms with van der Waals surface area (Å²) in [6.45, 7) is 0. The standard InChI is InChI=1S/C18H22N2O7S2/c1-26-14-7-8-17(27-2)18(9-14)29(24,25)20-13-5-3-12(4-6-13)19-15-10-28(22,23)11-16(15)21/h3-9,15-16,19-21H,10-11H2,1-2H3/t15-,16+/m0/s1. The van der Waals surface area contributed by atoms with Crippen LogP contribution >= 0.6 is 0 Å². The fourth-order valence-electron chi connectivity index (χ4n) is 3.02. The maximum Gasteiger partial charge on any atom is 0.265 e. The predicted molar refractivity (Wildman–Crippen MR) is 109 cm³/mol. The quantitative estimate of drug-likeness (QED) is 0.580. The lowest BCUT2D eigenvalue weighted by molar-refractivity contribution is 0.190. The molecule has 1 heterocycles. The van der Waals surface area contributed by atoms with Gasteiger partial charge in [-0.05, 0) is 36.4 Å². The van der Waals surface area contributed by atoms with E-state index in [0.29, 0.717) is 17.1 Å². The second-order valence-corrected chi connectivity index (χ2v) is 10.4. The topological polar surface area (TPSA) is 131 Å². The van der Waals surface area contributed by atoms with Crippen LogP contribution in [0.3, 0.4) is 0 Å². The molecule has 0 bridgehead atoms. The number of aliphatic hydroxyl groups excluding tert-OH is 1. The molecule has 1 fully saturated rings. The summed E-state index contributed by atoms with van der Waals surface area (Å²) in [4.78, 5) is -0.0687. The zero-order chi connectivity index (χ0) is 21.2. The molecule has 0 radical (unpaired) electrons. The van der Waals surface area contributed by atoms with E-state index < -0.39 is 32.0 Å². The number of aliphatic hydroxyl groups is 1. The van der Waals surface area contributed by atoms with Crippen molar-refractivity contribution < 1.29 is 31.4 Å². The van der Waals surface area contributed by atoms with Crippen LogP contribution in [-0.2, 0) is 19.9 Å². The highest BCUT2D eigenvalue weighted by Gasteiger charge is 2.36. The Morgan fingerprint density at radius 1 is 1.00 bits per heavy atom. The van der Waals surface area contributed by atoms with Gasteiger partial charge in [-0.25, -0.2) is 16.8 Å². The van der Waals surface area contributed by atoms with Crippen LogP contribution in [0, 0.1) is 0 Å². The second kappa shape index (κ2) is 8.09. The van der Waals surface area contributed by atoms with Crippen molar-refractivity contribution in [2.24, 2.45) is 0 Å². The molecule has 2 aromatic carbocycles. The molecule has 0 spiro atoms. The third-order valence-electron chi connectivity index (χ3n) is 4.47. The van der Waals surface area contributed by atoms with Crippen molar-refractivity contribution in [3.05, 3.63) is 42.5 Å². The van der Waals surface area contributed by atoms with Gasteiger partial charge in [-0.2, -0.15) is 0 Å². The molecule has 0 unspecified atom stereocenters. The van der Waals surface area contributed by atoms with Crippen LogP contribution in [0.5, 0.6) is 11.5 Å². The van der Waals surface area contributed by atoms with Crippen molar-refractivity contribution in [2.45, 2.75) is 17.0 Å². The van der Waals surface area contributed by atoms with E-state index in [2.05, 4.69) is 10.0 Å². The van der Waals surface area contributed by atoms with E-state index in [4.69, 9.17) is 9.47 Å². The maximum absolute atomic E-state index is 12.8. The first-order chi connectivity index (χ1) is 13.6. The van der Waals surface area contributed by atoms with Crippen LogP contribution in [-0.4, -0.2) is 59.8 Å². The maximum atomic E-state index is 12.8. The van der Waals surface area contributed by atoms with E-state index in [-0.39, 0.29) is 22.2 Å². The predicted octanol–water partition coefficient (Wildman–Crippen LogP) is 1.07. The van der Waals surface area contributed by atoms with E-state index in [1.165, 1.54) is 38.5 Å². The van der Waals surface area contributed by atoms with E-state index in [1.54, 1.807) is 18.2 Å². The minimum Gasteiger partial charge on any atom is -0.497 e. The van der Waals surface area contributed by atoms with Gasteiger partial charge >= 0.3 is 0 Å². The number of rotatable bonds is 7. The minimum absolute atomic E-state index is 0.0687. The summed E-state index contributed by atoms with van der Waals surface area (Å²) in [5.41, 5.74) is 0.869. The molecule has 0 saturated carbocycles. The molecule has 1 saturated heterocycles. The molecule has 11 heteroatoms. The van der Waals surface area contributed by atoms with Gasteiger partial charge in [-0.1, -0.05) is 0 Å². The van der Waals surface area contributed by atoms with Crippen LogP contribution < -0.4 is 19.5 Å². The number of benzene rings is 2. The van der Waals surface area contributed by atoms with Gasteiger partial charge in [-0.3, -0.25) is 4.72 Å². The van der Waals surface area contributed by atoms with Gasteiger partial charge in [0.15, 0.2) is 9.84 Å². The Morgan fingerprint density at radius 3 is 2.21 bits per heavy atom. The Kier molecular flexibility index (Phi) is 5.92. The summed E-state index contributed by atoms with van der Waals surface area (Å²) in [6.07, 6.45) is -0.987. The molecule has 1 aliphatic heterocycles. The number of ether oxygens (including phenoxy) is 2. The number of hydrogen-bond acceptors (Lipinski definition) is 8. The first-order valence-corrected chi connectivity index (χ1v) is 11.9. The molecule has 158 valence electrons. The van der Waals surface area contributed by atoms with E-state index in [1.807, 2.05) is 0 Å². The van der Waals surface area contributed by atoms with Crippen molar-refractivity contribution in [2.75, 3.05) is 35.8 Å². The molecular weight excluding hydrogens is 420 g/mol. The highest BCUT2D eigenvalue weighted by Crippen LogP contribution is 2.30. The van der Waals surface area contributed by atoms with Crippen LogP contribution in [0.2, 0.25) is 0 Å². The molecule has 0 amide bonds. The molecule has 3 rings (SSSR count).